The van der Waals surface area contributed by atoms with Gasteiger partial charge >= 0.3 is 0 Å². The van der Waals surface area contributed by atoms with Gasteiger partial charge in [-0.3, -0.25) is 0 Å². The Bertz CT molecular complexity index is 301. The topological polar surface area (TPSA) is 61.2 Å². The average Bonchev–Trinajstić information content (AvgIpc) is 2.03. The largest absolute Gasteiger partial charge is 0.215 e. The van der Waals surface area contributed by atoms with E-state index in [1.807, 2.05) is 6.07 Å². The summed E-state index contributed by atoms with van der Waals surface area (Å²) in [6.07, 6.45) is 0.564. The molecule has 13 heavy (non-hydrogen) atoms. The molecule has 0 amide bonds. The second-order valence-electron chi connectivity index (χ2n) is 3.45. The van der Waals surface area contributed by atoms with Crippen molar-refractivity contribution in [2.75, 3.05) is 12.8 Å². The molecule has 4 nitrogen and oxygen atoms in total. The molecule has 0 aromatic heterocycles. The minimum absolute atomic E-state index is 0.0919. The Morgan fingerprint density at radius 1 is 1.46 bits per heavy atom. The Morgan fingerprint density at radius 2 is 1.92 bits per heavy atom. The summed E-state index contributed by atoms with van der Waals surface area (Å²) in [5.41, 5.74) is -0.964. The zero-order valence-corrected chi connectivity index (χ0v) is 9.35. The monoisotopic (exact) mass is 204 g/mol. The normalized spacial score (nSPS) is 12.9. The van der Waals surface area contributed by atoms with Gasteiger partial charge in [-0.25, -0.2) is 8.42 Å². The summed E-state index contributed by atoms with van der Waals surface area (Å²) in [6.45, 7) is 4.96. The van der Waals surface area contributed by atoms with Crippen LogP contribution in [0.15, 0.2) is 0 Å². The van der Waals surface area contributed by atoms with E-state index in [2.05, 4.69) is 0 Å². The standard InChI is InChI=1S/C8H16N2O2S/c1-5-6-13(11,12)10(4)8(2,3)7-9/h5-6H2,1-4H3. The van der Waals surface area contributed by atoms with E-state index in [0.717, 1.165) is 4.31 Å². The van der Waals surface area contributed by atoms with Crippen molar-refractivity contribution in [2.45, 2.75) is 32.7 Å². The first-order chi connectivity index (χ1) is 5.78. The molecule has 0 aliphatic carbocycles. The fraction of sp³-hybridized carbons (Fsp3) is 0.875. The molecule has 0 aliphatic heterocycles. The van der Waals surface area contributed by atoms with Gasteiger partial charge in [-0.05, 0) is 20.3 Å². The second kappa shape index (κ2) is 4.07. The SMILES string of the molecule is CCCS(=O)(=O)N(C)C(C)(C)C#N. The van der Waals surface area contributed by atoms with Crippen LogP contribution in [0.1, 0.15) is 27.2 Å². The third-order valence-electron chi connectivity index (χ3n) is 1.94. The fourth-order valence-electron chi connectivity index (χ4n) is 0.813. The molecule has 0 N–H and O–H groups in total. The number of nitrogens with zero attached hydrogens (tertiary/aromatic N) is 2. The van der Waals surface area contributed by atoms with E-state index in [1.165, 1.54) is 7.05 Å². The maximum Gasteiger partial charge on any atom is 0.215 e. The van der Waals surface area contributed by atoms with E-state index in [1.54, 1.807) is 20.8 Å². The smallest absolute Gasteiger partial charge is 0.212 e. The van der Waals surface area contributed by atoms with Crippen LogP contribution >= 0.6 is 0 Å². The first kappa shape index (κ1) is 12.4. The van der Waals surface area contributed by atoms with E-state index in [0.29, 0.717) is 6.42 Å². The van der Waals surface area contributed by atoms with Crippen molar-refractivity contribution >= 4 is 10.0 Å². The van der Waals surface area contributed by atoms with Gasteiger partial charge in [0.25, 0.3) is 0 Å². The lowest BCUT2D eigenvalue weighted by atomic mass is 10.1. The summed E-state index contributed by atoms with van der Waals surface area (Å²) in [5, 5.41) is 8.74. The lowest BCUT2D eigenvalue weighted by Crippen LogP contribution is -2.44. The maximum atomic E-state index is 11.5. The predicted molar refractivity (Wildman–Crippen MR) is 51.5 cm³/mol. The Balaban J connectivity index is 4.82. The molecule has 0 spiro atoms. The van der Waals surface area contributed by atoms with Crippen molar-refractivity contribution < 1.29 is 8.42 Å². The molecule has 0 fully saturated rings. The molecule has 0 aromatic carbocycles. The maximum absolute atomic E-state index is 11.5. The third-order valence-corrected chi connectivity index (χ3v) is 4.16. The minimum atomic E-state index is -3.27. The van der Waals surface area contributed by atoms with Gasteiger partial charge in [0, 0.05) is 7.05 Å². The summed E-state index contributed by atoms with van der Waals surface area (Å²) < 4.78 is 24.2. The molecule has 0 saturated heterocycles. The van der Waals surface area contributed by atoms with Gasteiger partial charge in [0.1, 0.15) is 5.54 Å². The molecule has 0 atom stereocenters. The van der Waals surface area contributed by atoms with E-state index in [-0.39, 0.29) is 5.75 Å². The highest BCUT2D eigenvalue weighted by Crippen LogP contribution is 2.15. The van der Waals surface area contributed by atoms with Crippen molar-refractivity contribution in [3.8, 4) is 6.07 Å². The predicted octanol–water partition coefficient (Wildman–Crippen LogP) is 0.960. The molecule has 0 bridgehead atoms. The Kier molecular flexibility index (Phi) is 3.88. The lowest BCUT2D eigenvalue weighted by molar-refractivity contribution is 0.337. The van der Waals surface area contributed by atoms with Gasteiger partial charge < -0.3 is 0 Å². The molecular formula is C8H16N2O2S. The van der Waals surface area contributed by atoms with Gasteiger partial charge in [0.2, 0.25) is 10.0 Å². The lowest BCUT2D eigenvalue weighted by Gasteiger charge is -2.27. The molecule has 0 unspecified atom stereocenters. The van der Waals surface area contributed by atoms with Crippen molar-refractivity contribution in [3.63, 3.8) is 0 Å². The molecule has 0 heterocycles. The first-order valence-electron chi connectivity index (χ1n) is 4.16. The average molecular weight is 204 g/mol. The zero-order valence-electron chi connectivity index (χ0n) is 8.53. The van der Waals surface area contributed by atoms with Gasteiger partial charge in [-0.15, -0.1) is 0 Å². The molecule has 0 rings (SSSR count). The summed E-state index contributed by atoms with van der Waals surface area (Å²) in [7, 11) is -1.83. The molecule has 0 saturated carbocycles. The summed E-state index contributed by atoms with van der Waals surface area (Å²) in [5.74, 6) is 0.0919. The first-order valence-corrected chi connectivity index (χ1v) is 5.77. The molecule has 5 heteroatoms. The molecular weight excluding hydrogens is 188 g/mol. The zero-order chi connectivity index (χ0) is 10.7. The minimum Gasteiger partial charge on any atom is -0.212 e. The van der Waals surface area contributed by atoms with Crippen LogP contribution in [0.4, 0.5) is 0 Å². The van der Waals surface area contributed by atoms with Gasteiger partial charge in [-0.2, -0.15) is 9.57 Å². The van der Waals surface area contributed by atoms with Crippen LogP contribution in [0.5, 0.6) is 0 Å². The van der Waals surface area contributed by atoms with Crippen LogP contribution in [-0.4, -0.2) is 31.1 Å². The van der Waals surface area contributed by atoms with Gasteiger partial charge in [0.05, 0.1) is 11.8 Å². The summed E-state index contributed by atoms with van der Waals surface area (Å²) in [6, 6.07) is 1.95. The van der Waals surface area contributed by atoms with Crippen molar-refractivity contribution in [3.05, 3.63) is 0 Å². The van der Waals surface area contributed by atoms with E-state index in [9.17, 15) is 8.42 Å². The quantitative estimate of drug-likeness (QED) is 0.685. The van der Waals surface area contributed by atoms with Crippen LogP contribution in [0.2, 0.25) is 0 Å². The molecule has 0 aromatic rings. The number of hydrogen-bond acceptors (Lipinski definition) is 3. The van der Waals surface area contributed by atoms with E-state index < -0.39 is 15.6 Å². The van der Waals surface area contributed by atoms with Crippen LogP contribution < -0.4 is 0 Å². The van der Waals surface area contributed by atoms with Gasteiger partial charge in [-0.1, -0.05) is 6.92 Å². The molecule has 76 valence electrons. The van der Waals surface area contributed by atoms with Gasteiger partial charge in [0.15, 0.2) is 0 Å². The van der Waals surface area contributed by atoms with Crippen molar-refractivity contribution in [1.82, 2.24) is 4.31 Å². The summed E-state index contributed by atoms with van der Waals surface area (Å²) >= 11 is 0. The van der Waals surface area contributed by atoms with E-state index >= 15 is 0 Å². The Labute approximate surface area is 80.2 Å². The van der Waals surface area contributed by atoms with Crippen LogP contribution in [0, 0.1) is 11.3 Å². The Hall–Kier alpha value is -0.600. The van der Waals surface area contributed by atoms with Crippen LogP contribution in [0.3, 0.4) is 0 Å². The third kappa shape index (κ3) is 2.98. The van der Waals surface area contributed by atoms with E-state index in [4.69, 9.17) is 5.26 Å². The van der Waals surface area contributed by atoms with Crippen LogP contribution in [0.25, 0.3) is 0 Å². The second-order valence-corrected chi connectivity index (χ2v) is 5.57. The number of nitriles is 1. The highest BCUT2D eigenvalue weighted by molar-refractivity contribution is 7.89. The highest BCUT2D eigenvalue weighted by atomic mass is 32.2. The summed E-state index contributed by atoms with van der Waals surface area (Å²) in [4.78, 5) is 0. The molecule has 0 aliphatic rings. The van der Waals surface area contributed by atoms with Crippen molar-refractivity contribution in [1.29, 1.82) is 5.26 Å². The number of rotatable bonds is 4. The number of hydrogen-bond donors (Lipinski definition) is 0. The van der Waals surface area contributed by atoms with Crippen LogP contribution in [-0.2, 0) is 10.0 Å². The fourth-order valence-corrected chi connectivity index (χ4v) is 2.34. The molecule has 0 radical (unpaired) electrons. The van der Waals surface area contributed by atoms with Crippen molar-refractivity contribution in [2.24, 2.45) is 0 Å². The number of sulfonamides is 1. The Morgan fingerprint density at radius 3 is 2.23 bits per heavy atom. The highest BCUT2D eigenvalue weighted by Gasteiger charge is 2.31.